The molecule has 0 spiro atoms. The Balaban J connectivity index is 1.83. The van der Waals surface area contributed by atoms with Gasteiger partial charge >= 0.3 is 6.61 Å². The summed E-state index contributed by atoms with van der Waals surface area (Å²) in [5.41, 5.74) is 0.317. The molecule has 0 radical (unpaired) electrons. The first kappa shape index (κ1) is 18.1. The second-order valence-electron chi connectivity index (χ2n) is 6.14. The summed E-state index contributed by atoms with van der Waals surface area (Å²) in [7, 11) is 1.34. The Labute approximate surface area is 148 Å². The van der Waals surface area contributed by atoms with Gasteiger partial charge in [0.25, 0.3) is 0 Å². The summed E-state index contributed by atoms with van der Waals surface area (Å²) in [5, 5.41) is 2.75. The third-order valence-electron chi connectivity index (χ3n) is 4.68. The van der Waals surface area contributed by atoms with Crippen LogP contribution < -0.4 is 14.8 Å². The Morgan fingerprint density at radius 1 is 1.12 bits per heavy atom. The van der Waals surface area contributed by atoms with Crippen LogP contribution in [-0.4, -0.2) is 19.6 Å². The van der Waals surface area contributed by atoms with Gasteiger partial charge in [0.1, 0.15) is 5.82 Å². The number of methoxy groups -OCH3 is 1. The number of carbonyl (C=O) groups is 1. The Morgan fingerprint density at radius 3 is 2.35 bits per heavy atom. The van der Waals surface area contributed by atoms with E-state index in [4.69, 9.17) is 4.74 Å². The van der Waals surface area contributed by atoms with E-state index < -0.39 is 12.0 Å². The lowest BCUT2D eigenvalue weighted by molar-refractivity contribution is -0.124. The minimum absolute atomic E-state index is 0.139. The molecule has 138 valence electrons. The van der Waals surface area contributed by atoms with E-state index >= 15 is 0 Å². The molecule has 0 unspecified atom stereocenters. The van der Waals surface area contributed by atoms with Crippen molar-refractivity contribution in [2.45, 2.75) is 31.3 Å². The first-order chi connectivity index (χ1) is 12.4. The maximum atomic E-state index is 13.2. The highest BCUT2D eigenvalue weighted by molar-refractivity contribution is 6.00. The van der Waals surface area contributed by atoms with Crippen molar-refractivity contribution in [3.8, 4) is 11.5 Å². The molecule has 0 aliphatic heterocycles. The molecule has 1 aliphatic carbocycles. The van der Waals surface area contributed by atoms with Gasteiger partial charge in [-0.15, -0.1) is 0 Å². The number of ether oxygens (including phenoxy) is 2. The summed E-state index contributed by atoms with van der Waals surface area (Å²) in [5.74, 6) is -0.652. The van der Waals surface area contributed by atoms with Crippen LogP contribution in [0.1, 0.15) is 24.8 Å². The maximum absolute atomic E-state index is 13.2. The van der Waals surface area contributed by atoms with Gasteiger partial charge in [-0.2, -0.15) is 8.78 Å². The minimum Gasteiger partial charge on any atom is -0.493 e. The molecule has 7 heteroatoms. The average Bonchev–Trinajstić information content (AvgIpc) is 2.55. The van der Waals surface area contributed by atoms with Gasteiger partial charge in [0.2, 0.25) is 5.91 Å². The molecule has 1 saturated carbocycles. The molecule has 4 nitrogen and oxygen atoms in total. The SMILES string of the molecule is COc1ccc(NC(=O)C2(c3ccc(F)cc3)CCC2)cc1OC(F)F. The van der Waals surface area contributed by atoms with E-state index in [1.807, 2.05) is 0 Å². The molecule has 1 amide bonds. The van der Waals surface area contributed by atoms with E-state index in [2.05, 4.69) is 10.1 Å². The number of halogens is 3. The summed E-state index contributed by atoms with van der Waals surface area (Å²) < 4.78 is 47.7. The quantitative estimate of drug-likeness (QED) is 0.820. The van der Waals surface area contributed by atoms with Crippen molar-refractivity contribution in [1.29, 1.82) is 0 Å². The van der Waals surface area contributed by atoms with Gasteiger partial charge in [0.05, 0.1) is 12.5 Å². The fourth-order valence-corrected chi connectivity index (χ4v) is 3.14. The molecule has 0 atom stereocenters. The molecule has 1 N–H and O–H groups in total. The molecule has 1 fully saturated rings. The zero-order valence-electron chi connectivity index (χ0n) is 14.1. The van der Waals surface area contributed by atoms with Crippen molar-refractivity contribution in [2.24, 2.45) is 0 Å². The lowest BCUT2D eigenvalue weighted by Gasteiger charge is -2.40. The maximum Gasteiger partial charge on any atom is 0.387 e. The standard InChI is InChI=1S/C19H18F3NO3/c1-25-15-8-7-14(11-16(15)26-18(21)22)23-17(24)19(9-2-10-19)12-3-5-13(20)6-4-12/h3-8,11,18H,2,9-10H2,1H3,(H,23,24). The molecule has 0 saturated heterocycles. The van der Waals surface area contributed by atoms with E-state index in [0.717, 1.165) is 12.0 Å². The predicted octanol–water partition coefficient (Wildman–Crippen LogP) is 4.50. The molecule has 3 rings (SSSR count). The van der Waals surface area contributed by atoms with Crippen molar-refractivity contribution >= 4 is 11.6 Å². The third kappa shape index (κ3) is 3.47. The van der Waals surface area contributed by atoms with Gasteiger partial charge in [-0.3, -0.25) is 4.79 Å². The highest BCUT2D eigenvalue weighted by atomic mass is 19.3. The lowest BCUT2D eigenvalue weighted by atomic mass is 9.64. The molecule has 2 aromatic carbocycles. The fraction of sp³-hybridized carbons (Fsp3) is 0.316. The average molecular weight is 365 g/mol. The van der Waals surface area contributed by atoms with E-state index in [1.54, 1.807) is 18.2 Å². The monoisotopic (exact) mass is 365 g/mol. The van der Waals surface area contributed by atoms with Crippen molar-refractivity contribution in [1.82, 2.24) is 0 Å². The number of rotatable bonds is 6. The van der Waals surface area contributed by atoms with E-state index in [1.165, 1.54) is 31.4 Å². The number of carbonyl (C=O) groups excluding carboxylic acids is 1. The Kier molecular flexibility index (Phi) is 5.06. The van der Waals surface area contributed by atoms with Gasteiger partial charge < -0.3 is 14.8 Å². The first-order valence-corrected chi connectivity index (χ1v) is 8.15. The zero-order valence-corrected chi connectivity index (χ0v) is 14.1. The second kappa shape index (κ2) is 7.27. The van der Waals surface area contributed by atoms with Crippen LogP contribution in [0.25, 0.3) is 0 Å². The summed E-state index contributed by atoms with van der Waals surface area (Å²) in [6.45, 7) is -3.01. The van der Waals surface area contributed by atoms with Crippen LogP contribution in [0.15, 0.2) is 42.5 Å². The fourth-order valence-electron chi connectivity index (χ4n) is 3.14. The summed E-state index contributed by atoms with van der Waals surface area (Å²) in [6.07, 6.45) is 2.16. The summed E-state index contributed by atoms with van der Waals surface area (Å²) in [4.78, 5) is 12.9. The molecule has 26 heavy (non-hydrogen) atoms. The normalized spacial score (nSPS) is 15.3. The zero-order chi connectivity index (χ0) is 18.7. The molecule has 0 bridgehead atoms. The molecule has 0 aromatic heterocycles. The Hall–Kier alpha value is -2.70. The van der Waals surface area contributed by atoms with Crippen molar-refractivity contribution < 1.29 is 27.4 Å². The topological polar surface area (TPSA) is 47.6 Å². The van der Waals surface area contributed by atoms with Crippen molar-refractivity contribution in [3.05, 3.63) is 53.8 Å². The highest BCUT2D eigenvalue weighted by Gasteiger charge is 2.45. The number of anilines is 1. The van der Waals surface area contributed by atoms with Gasteiger partial charge in [-0.05, 0) is 42.7 Å². The highest BCUT2D eigenvalue weighted by Crippen LogP contribution is 2.45. The van der Waals surface area contributed by atoms with Crippen molar-refractivity contribution in [3.63, 3.8) is 0 Å². The van der Waals surface area contributed by atoms with E-state index in [-0.39, 0.29) is 23.2 Å². The van der Waals surface area contributed by atoms with Gasteiger partial charge in [-0.1, -0.05) is 18.6 Å². The minimum atomic E-state index is -3.01. The van der Waals surface area contributed by atoms with Crippen LogP contribution in [0.2, 0.25) is 0 Å². The predicted molar refractivity (Wildman–Crippen MR) is 90.2 cm³/mol. The second-order valence-corrected chi connectivity index (χ2v) is 6.14. The summed E-state index contributed by atoms with van der Waals surface area (Å²) >= 11 is 0. The lowest BCUT2D eigenvalue weighted by Crippen LogP contribution is -2.46. The Bertz CT molecular complexity index is 789. The van der Waals surface area contributed by atoms with Crippen LogP contribution in [-0.2, 0) is 10.2 Å². The molecule has 1 aliphatic rings. The van der Waals surface area contributed by atoms with Crippen molar-refractivity contribution in [2.75, 3.05) is 12.4 Å². The Morgan fingerprint density at radius 2 is 1.81 bits per heavy atom. The van der Waals surface area contributed by atoms with Crippen LogP contribution in [0, 0.1) is 5.82 Å². The van der Waals surface area contributed by atoms with Gasteiger partial charge in [-0.25, -0.2) is 4.39 Å². The molecule has 0 heterocycles. The molecular formula is C19H18F3NO3. The van der Waals surface area contributed by atoms with Gasteiger partial charge in [0, 0.05) is 11.8 Å². The number of benzene rings is 2. The number of hydrogen-bond acceptors (Lipinski definition) is 3. The van der Waals surface area contributed by atoms with Crippen LogP contribution in [0.5, 0.6) is 11.5 Å². The number of hydrogen-bond donors (Lipinski definition) is 1. The smallest absolute Gasteiger partial charge is 0.387 e. The number of nitrogens with one attached hydrogen (secondary N) is 1. The van der Waals surface area contributed by atoms with E-state index in [0.29, 0.717) is 18.5 Å². The third-order valence-corrected chi connectivity index (χ3v) is 4.68. The molecule has 2 aromatic rings. The number of alkyl halides is 2. The van der Waals surface area contributed by atoms with Gasteiger partial charge in [0.15, 0.2) is 11.5 Å². The first-order valence-electron chi connectivity index (χ1n) is 8.15. The summed E-state index contributed by atoms with van der Waals surface area (Å²) in [6, 6.07) is 10.1. The van der Waals surface area contributed by atoms with Crippen LogP contribution in [0.3, 0.4) is 0 Å². The largest absolute Gasteiger partial charge is 0.493 e. The number of amides is 1. The molecular weight excluding hydrogens is 347 g/mol. The van der Waals surface area contributed by atoms with Crippen LogP contribution >= 0.6 is 0 Å². The van der Waals surface area contributed by atoms with E-state index in [9.17, 15) is 18.0 Å². The van der Waals surface area contributed by atoms with Crippen LogP contribution in [0.4, 0.5) is 18.9 Å².